The second-order valence-corrected chi connectivity index (χ2v) is 7.10. The van der Waals surface area contributed by atoms with Crippen molar-refractivity contribution in [3.63, 3.8) is 0 Å². The Kier molecular flexibility index (Phi) is 6.35. The highest BCUT2D eigenvalue weighted by Gasteiger charge is 2.47. The Morgan fingerprint density at radius 1 is 1.21 bits per heavy atom. The van der Waals surface area contributed by atoms with E-state index in [0.29, 0.717) is 0 Å². The van der Waals surface area contributed by atoms with Crippen LogP contribution < -0.4 is 4.72 Å². The van der Waals surface area contributed by atoms with Crippen LogP contribution in [-0.2, 0) is 4.74 Å². The molecule has 0 bridgehead atoms. The highest BCUT2D eigenvalue weighted by atomic mass is 32.2. The van der Waals surface area contributed by atoms with E-state index in [-0.39, 0.29) is 25.7 Å². The van der Waals surface area contributed by atoms with Crippen molar-refractivity contribution < 1.29 is 36.2 Å². The van der Waals surface area contributed by atoms with Gasteiger partial charge in [0.15, 0.2) is 23.9 Å². The summed E-state index contributed by atoms with van der Waals surface area (Å²) < 4.78 is 86.6. The van der Waals surface area contributed by atoms with Gasteiger partial charge in [-0.3, -0.25) is 4.72 Å². The number of hydrogen-bond donors (Lipinski definition) is 2. The maximum atomic E-state index is 14.0. The van der Waals surface area contributed by atoms with Crippen LogP contribution in [0.5, 0.6) is 0 Å². The van der Waals surface area contributed by atoms with Crippen molar-refractivity contribution in [3.05, 3.63) is 11.6 Å². The number of ether oxygens (including phenoxy) is 1. The van der Waals surface area contributed by atoms with Crippen LogP contribution in [-0.4, -0.2) is 48.1 Å². The molecule has 0 spiro atoms. The lowest BCUT2D eigenvalue weighted by atomic mass is 9.83. The van der Waals surface area contributed by atoms with E-state index in [1.807, 2.05) is 0 Å². The summed E-state index contributed by atoms with van der Waals surface area (Å²) in [6, 6.07) is -0.482. The van der Waals surface area contributed by atoms with Gasteiger partial charge in [0.25, 0.3) is 0 Å². The van der Waals surface area contributed by atoms with Gasteiger partial charge in [0.2, 0.25) is 0 Å². The Balaban J connectivity index is 1.88. The predicted octanol–water partition coefficient (Wildman–Crippen LogP) is 3.59. The van der Waals surface area contributed by atoms with Crippen molar-refractivity contribution in [3.8, 4) is 0 Å². The fourth-order valence-electron chi connectivity index (χ4n) is 3.03. The van der Waals surface area contributed by atoms with Crippen molar-refractivity contribution >= 4 is 11.9 Å². The number of aliphatic hydroxyl groups excluding tert-OH is 1. The van der Waals surface area contributed by atoms with Crippen LogP contribution in [0.3, 0.4) is 0 Å². The van der Waals surface area contributed by atoms with Gasteiger partial charge >= 0.3 is 6.18 Å². The Morgan fingerprint density at radius 2 is 1.88 bits per heavy atom. The first-order valence-electron chi connectivity index (χ1n) is 7.52. The van der Waals surface area contributed by atoms with Crippen LogP contribution in [0.2, 0.25) is 0 Å². The predicted molar refractivity (Wildman–Crippen MR) is 77.3 cm³/mol. The molecule has 2 aliphatic rings. The molecule has 10 heteroatoms. The lowest BCUT2D eigenvalue weighted by molar-refractivity contribution is -0.208. The van der Waals surface area contributed by atoms with Crippen molar-refractivity contribution in [1.82, 2.24) is 4.72 Å². The van der Waals surface area contributed by atoms with Crippen LogP contribution in [0.25, 0.3) is 0 Å². The summed E-state index contributed by atoms with van der Waals surface area (Å²) in [6.07, 6.45) is -10.4. The largest absolute Gasteiger partial charge is 0.495 e. The smallest absolute Gasteiger partial charge is 0.394 e. The highest BCUT2D eigenvalue weighted by Crippen LogP contribution is 2.40. The molecule has 0 amide bonds. The van der Waals surface area contributed by atoms with E-state index in [1.165, 1.54) is 0 Å². The molecule has 1 fully saturated rings. The first-order chi connectivity index (χ1) is 11.1. The lowest BCUT2D eigenvalue weighted by Gasteiger charge is -2.35. The first kappa shape index (κ1) is 19.7. The molecule has 140 valence electrons. The molecule has 6 atom stereocenters. The number of rotatable bonds is 4. The number of aliphatic hydroxyl groups is 1. The lowest BCUT2D eigenvalue weighted by Crippen LogP contribution is -2.44. The molecule has 0 aromatic carbocycles. The van der Waals surface area contributed by atoms with Gasteiger partial charge in [0, 0.05) is 12.5 Å². The van der Waals surface area contributed by atoms with Crippen molar-refractivity contribution in [2.75, 3.05) is 7.11 Å². The fourth-order valence-corrected chi connectivity index (χ4v) is 4.12. The molecule has 24 heavy (non-hydrogen) atoms. The summed E-state index contributed by atoms with van der Waals surface area (Å²) in [5.41, 5.74) is 0. The summed E-state index contributed by atoms with van der Waals surface area (Å²) in [5.74, 6) is -3.72. The molecule has 0 aromatic rings. The number of allylic oxidation sites excluding steroid dienone is 2. The van der Waals surface area contributed by atoms with Gasteiger partial charge in [-0.1, -0.05) is 11.9 Å². The molecule has 2 aliphatic carbocycles. The number of alkyl halides is 5. The van der Waals surface area contributed by atoms with E-state index < -0.39 is 53.4 Å². The number of hydrogen-bond acceptors (Lipinski definition) is 4. The van der Waals surface area contributed by atoms with E-state index in [0.717, 1.165) is 19.1 Å². The third kappa shape index (κ3) is 4.32. The summed E-state index contributed by atoms with van der Waals surface area (Å²) in [7, 11) is 1.06. The van der Waals surface area contributed by atoms with Crippen LogP contribution in [0.4, 0.5) is 26.3 Å². The molecule has 3 nitrogen and oxygen atoms in total. The van der Waals surface area contributed by atoms with Gasteiger partial charge in [-0.25, -0.2) is 13.2 Å². The van der Waals surface area contributed by atoms with Crippen LogP contribution in [0.1, 0.15) is 25.7 Å². The number of nitrogens with one attached hydrogen (secondary N) is 1. The zero-order chi connectivity index (χ0) is 18.1. The molecular formula is C14H19F6NO2S. The second-order valence-electron chi connectivity index (χ2n) is 6.02. The topological polar surface area (TPSA) is 41.5 Å². The zero-order valence-corrected chi connectivity index (χ0v) is 13.6. The third-order valence-corrected chi connectivity index (χ3v) is 5.57. The van der Waals surface area contributed by atoms with Crippen molar-refractivity contribution in [2.24, 2.45) is 5.92 Å². The van der Waals surface area contributed by atoms with Gasteiger partial charge in [-0.05, 0) is 19.3 Å². The molecule has 0 saturated heterocycles. The quantitative estimate of drug-likeness (QED) is 0.579. The normalized spacial score (nSPS) is 38.3. The van der Waals surface area contributed by atoms with Gasteiger partial charge < -0.3 is 9.84 Å². The standard InChI is InChI=1S/C14H19F6NO2S/c1-23-13-8(15)5-10(11(16)12(13)17)24-21-6-2-3-7(9(22)4-6)14(18,19)20/h6-11,21-22H,2-5H2,1H3. The van der Waals surface area contributed by atoms with Crippen molar-refractivity contribution in [1.29, 1.82) is 0 Å². The molecule has 0 heterocycles. The third-order valence-electron chi connectivity index (χ3n) is 4.37. The van der Waals surface area contributed by atoms with Gasteiger partial charge in [-0.15, -0.1) is 0 Å². The van der Waals surface area contributed by atoms with Gasteiger partial charge in [0.05, 0.1) is 24.4 Å². The number of methoxy groups -OCH3 is 1. The monoisotopic (exact) mass is 379 g/mol. The Labute approximate surface area is 139 Å². The minimum absolute atomic E-state index is 0.138. The molecule has 2 N–H and O–H groups in total. The average molecular weight is 379 g/mol. The van der Waals surface area contributed by atoms with E-state index >= 15 is 0 Å². The molecular weight excluding hydrogens is 360 g/mol. The first-order valence-corrected chi connectivity index (χ1v) is 8.40. The zero-order valence-electron chi connectivity index (χ0n) is 12.8. The molecule has 0 aromatic heterocycles. The molecule has 0 aliphatic heterocycles. The molecule has 1 saturated carbocycles. The Hall–Kier alpha value is -0.610. The SMILES string of the molecule is COC1=C(F)C(F)C(SNC2CCC(C(F)(F)F)C(O)C2)CC1F. The summed E-state index contributed by atoms with van der Waals surface area (Å²) in [4.78, 5) is 0. The minimum atomic E-state index is -4.46. The molecule has 0 radical (unpaired) electrons. The Bertz CT molecular complexity index is 475. The maximum absolute atomic E-state index is 14.0. The summed E-state index contributed by atoms with van der Waals surface area (Å²) >= 11 is 0.756. The van der Waals surface area contributed by atoms with Gasteiger partial charge in [-0.2, -0.15) is 13.2 Å². The second kappa shape index (κ2) is 7.74. The summed E-state index contributed by atoms with van der Waals surface area (Å²) in [6.45, 7) is 0. The van der Waals surface area contributed by atoms with E-state index in [2.05, 4.69) is 9.46 Å². The van der Waals surface area contributed by atoms with Crippen LogP contribution >= 0.6 is 11.9 Å². The van der Waals surface area contributed by atoms with E-state index in [4.69, 9.17) is 0 Å². The minimum Gasteiger partial charge on any atom is -0.495 e. The van der Waals surface area contributed by atoms with Gasteiger partial charge in [0.1, 0.15) is 0 Å². The average Bonchev–Trinajstić information content (AvgIpc) is 2.49. The van der Waals surface area contributed by atoms with Crippen LogP contribution in [0.15, 0.2) is 11.6 Å². The highest BCUT2D eigenvalue weighted by molar-refractivity contribution is 7.98. The van der Waals surface area contributed by atoms with Crippen molar-refractivity contribution in [2.45, 2.75) is 61.6 Å². The number of halogens is 6. The molecule has 6 unspecified atom stereocenters. The maximum Gasteiger partial charge on any atom is 0.394 e. The molecule has 2 rings (SSSR count). The Morgan fingerprint density at radius 3 is 2.42 bits per heavy atom. The van der Waals surface area contributed by atoms with Crippen LogP contribution in [0, 0.1) is 5.92 Å². The fraction of sp³-hybridized carbons (Fsp3) is 0.857. The van der Waals surface area contributed by atoms with E-state index in [1.54, 1.807) is 0 Å². The van der Waals surface area contributed by atoms with E-state index in [9.17, 15) is 31.4 Å². The summed E-state index contributed by atoms with van der Waals surface area (Å²) in [5, 5.41) is 8.57.